The van der Waals surface area contributed by atoms with Crippen molar-refractivity contribution in [2.75, 3.05) is 19.4 Å². The van der Waals surface area contributed by atoms with Gasteiger partial charge in [-0.25, -0.2) is 4.98 Å². The second-order valence-corrected chi connectivity index (χ2v) is 8.41. The first kappa shape index (κ1) is 20.5. The van der Waals surface area contributed by atoms with E-state index in [0.717, 1.165) is 19.4 Å². The molecule has 1 amide bonds. The molecule has 0 spiro atoms. The molecule has 4 rings (SSSR count). The molecule has 1 aliphatic rings. The summed E-state index contributed by atoms with van der Waals surface area (Å²) < 4.78 is 6.82. The van der Waals surface area contributed by atoms with Crippen LogP contribution < -0.4 is 10.3 Å². The minimum Gasteiger partial charge on any atom is -0.497 e. The zero-order chi connectivity index (χ0) is 21.1. The van der Waals surface area contributed by atoms with Crippen LogP contribution in [0.15, 0.2) is 58.5 Å². The first-order chi connectivity index (χ1) is 14.6. The fourth-order valence-electron chi connectivity index (χ4n) is 3.85. The number of rotatable bonds is 5. The molecule has 1 fully saturated rings. The van der Waals surface area contributed by atoms with Gasteiger partial charge in [0.2, 0.25) is 5.91 Å². The fourth-order valence-corrected chi connectivity index (χ4v) is 4.74. The summed E-state index contributed by atoms with van der Waals surface area (Å²) in [6.45, 7) is 2.90. The van der Waals surface area contributed by atoms with E-state index >= 15 is 0 Å². The van der Waals surface area contributed by atoms with E-state index in [9.17, 15) is 9.59 Å². The summed E-state index contributed by atoms with van der Waals surface area (Å²) in [6.07, 6.45) is 3.26. The highest BCUT2D eigenvalue weighted by atomic mass is 32.2. The van der Waals surface area contributed by atoms with Gasteiger partial charge in [0.1, 0.15) is 5.75 Å². The van der Waals surface area contributed by atoms with Gasteiger partial charge < -0.3 is 9.64 Å². The molecule has 30 heavy (non-hydrogen) atoms. The highest BCUT2D eigenvalue weighted by Gasteiger charge is 2.24. The number of hydrogen-bond donors (Lipinski definition) is 0. The monoisotopic (exact) mass is 423 g/mol. The van der Waals surface area contributed by atoms with Crippen LogP contribution in [-0.4, -0.2) is 45.8 Å². The van der Waals surface area contributed by atoms with Crippen LogP contribution in [0.5, 0.6) is 5.75 Å². The molecule has 1 aliphatic heterocycles. The molecule has 0 aliphatic carbocycles. The molecular formula is C23H25N3O3S. The molecule has 0 bridgehead atoms. The van der Waals surface area contributed by atoms with Crippen LogP contribution >= 0.6 is 11.8 Å². The number of thioether (sulfide) groups is 1. The third-order valence-electron chi connectivity index (χ3n) is 5.52. The second-order valence-electron chi connectivity index (χ2n) is 7.47. The van der Waals surface area contributed by atoms with Crippen molar-refractivity contribution in [2.45, 2.75) is 37.4 Å². The number of aromatic nitrogens is 2. The number of benzene rings is 2. The van der Waals surface area contributed by atoms with Gasteiger partial charge in [0.05, 0.1) is 29.5 Å². The quantitative estimate of drug-likeness (QED) is 0.460. The minimum absolute atomic E-state index is 0.0934. The van der Waals surface area contributed by atoms with Crippen LogP contribution in [0.2, 0.25) is 0 Å². The Morgan fingerprint density at radius 1 is 1.17 bits per heavy atom. The summed E-state index contributed by atoms with van der Waals surface area (Å²) >= 11 is 1.31. The third kappa shape index (κ3) is 4.07. The standard InChI is InChI=1S/C23H25N3O3S/c1-16-7-5-6-14-25(16)21(27)15-30-23-24-20-9-4-3-8-19(20)22(28)26(23)17-10-12-18(29-2)13-11-17/h3-4,8-13,16H,5-7,14-15H2,1-2H3. The Hall–Kier alpha value is -2.80. The van der Waals surface area contributed by atoms with E-state index in [4.69, 9.17) is 9.72 Å². The number of fused-ring (bicyclic) bond motifs is 1. The number of hydrogen-bond acceptors (Lipinski definition) is 5. The summed E-state index contributed by atoms with van der Waals surface area (Å²) in [5.41, 5.74) is 1.18. The number of methoxy groups -OCH3 is 1. The molecule has 156 valence electrons. The summed E-state index contributed by atoms with van der Waals surface area (Å²) in [5, 5.41) is 1.07. The van der Waals surface area contributed by atoms with Gasteiger partial charge in [0.25, 0.3) is 5.56 Å². The lowest BCUT2D eigenvalue weighted by Crippen LogP contribution is -2.43. The number of ether oxygens (including phenoxy) is 1. The van der Waals surface area contributed by atoms with Crippen LogP contribution in [0.3, 0.4) is 0 Å². The highest BCUT2D eigenvalue weighted by molar-refractivity contribution is 7.99. The Balaban J connectivity index is 1.70. The van der Waals surface area contributed by atoms with Gasteiger partial charge in [0.15, 0.2) is 5.16 Å². The molecule has 0 N–H and O–H groups in total. The lowest BCUT2D eigenvalue weighted by molar-refractivity contribution is -0.131. The van der Waals surface area contributed by atoms with Crippen LogP contribution in [0, 0.1) is 0 Å². The normalized spacial score (nSPS) is 16.6. The number of nitrogens with zero attached hydrogens (tertiary/aromatic N) is 3. The Labute approximate surface area is 179 Å². The topological polar surface area (TPSA) is 64.4 Å². The maximum atomic E-state index is 13.3. The highest BCUT2D eigenvalue weighted by Crippen LogP contribution is 2.24. The summed E-state index contributed by atoms with van der Waals surface area (Å²) in [6, 6.07) is 14.8. The van der Waals surface area contributed by atoms with Gasteiger partial charge in [0, 0.05) is 12.6 Å². The van der Waals surface area contributed by atoms with Gasteiger partial charge in [-0.15, -0.1) is 0 Å². The molecule has 1 atom stereocenters. The Kier molecular flexibility index (Phi) is 6.08. The first-order valence-corrected chi connectivity index (χ1v) is 11.2. The zero-order valence-corrected chi connectivity index (χ0v) is 18.0. The van der Waals surface area contributed by atoms with Gasteiger partial charge in [-0.05, 0) is 62.6 Å². The minimum atomic E-state index is -0.146. The summed E-state index contributed by atoms with van der Waals surface area (Å²) in [5.74, 6) is 1.06. The van der Waals surface area contributed by atoms with Crippen LogP contribution in [0.4, 0.5) is 0 Å². The maximum Gasteiger partial charge on any atom is 0.266 e. The average molecular weight is 424 g/mol. The lowest BCUT2D eigenvalue weighted by atomic mass is 10.0. The van der Waals surface area contributed by atoms with Crippen molar-refractivity contribution in [1.29, 1.82) is 0 Å². The van der Waals surface area contributed by atoms with Gasteiger partial charge in [-0.2, -0.15) is 0 Å². The second kappa shape index (κ2) is 8.92. The van der Waals surface area contributed by atoms with Gasteiger partial charge in [-0.3, -0.25) is 14.2 Å². The Bertz CT molecular complexity index is 1110. The SMILES string of the molecule is COc1ccc(-n2c(SCC(=O)N3CCCCC3C)nc3ccccc3c2=O)cc1. The van der Waals surface area contributed by atoms with Crippen molar-refractivity contribution in [3.8, 4) is 11.4 Å². The maximum absolute atomic E-state index is 13.3. The molecular weight excluding hydrogens is 398 g/mol. The van der Waals surface area contributed by atoms with E-state index in [1.54, 1.807) is 17.7 Å². The van der Waals surface area contributed by atoms with Crippen molar-refractivity contribution in [3.63, 3.8) is 0 Å². The molecule has 2 heterocycles. The number of para-hydroxylation sites is 1. The van der Waals surface area contributed by atoms with Gasteiger partial charge in [-0.1, -0.05) is 23.9 Å². The molecule has 2 aromatic carbocycles. The van der Waals surface area contributed by atoms with Crippen molar-refractivity contribution in [1.82, 2.24) is 14.5 Å². The number of carbonyl (C=O) groups excluding carboxylic acids is 1. The van der Waals surface area contributed by atoms with Crippen LogP contribution in [0.25, 0.3) is 16.6 Å². The number of carbonyl (C=O) groups is 1. The Morgan fingerprint density at radius 2 is 1.93 bits per heavy atom. The van der Waals surface area contributed by atoms with E-state index in [-0.39, 0.29) is 23.3 Å². The number of piperidine rings is 1. The molecule has 1 unspecified atom stereocenters. The number of amides is 1. The van der Waals surface area contributed by atoms with Crippen molar-refractivity contribution >= 4 is 28.6 Å². The van der Waals surface area contributed by atoms with E-state index in [1.165, 1.54) is 18.2 Å². The fraction of sp³-hybridized carbons (Fsp3) is 0.348. The lowest BCUT2D eigenvalue weighted by Gasteiger charge is -2.33. The zero-order valence-electron chi connectivity index (χ0n) is 17.2. The molecule has 0 saturated carbocycles. The molecule has 1 saturated heterocycles. The molecule has 6 nitrogen and oxygen atoms in total. The largest absolute Gasteiger partial charge is 0.497 e. The van der Waals surface area contributed by atoms with E-state index in [1.807, 2.05) is 47.4 Å². The first-order valence-electron chi connectivity index (χ1n) is 10.2. The molecule has 7 heteroatoms. The van der Waals surface area contributed by atoms with Crippen LogP contribution in [-0.2, 0) is 4.79 Å². The molecule has 1 aromatic heterocycles. The van der Waals surface area contributed by atoms with Gasteiger partial charge >= 0.3 is 0 Å². The Morgan fingerprint density at radius 3 is 2.67 bits per heavy atom. The molecule has 0 radical (unpaired) electrons. The predicted octanol–water partition coefficient (Wildman–Crippen LogP) is 3.89. The third-order valence-corrected chi connectivity index (χ3v) is 6.45. The van der Waals surface area contributed by atoms with Crippen molar-refractivity contribution in [3.05, 3.63) is 58.9 Å². The summed E-state index contributed by atoms with van der Waals surface area (Å²) in [7, 11) is 1.60. The summed E-state index contributed by atoms with van der Waals surface area (Å²) in [4.78, 5) is 32.8. The van der Waals surface area contributed by atoms with Crippen molar-refractivity contribution < 1.29 is 9.53 Å². The smallest absolute Gasteiger partial charge is 0.266 e. The molecule has 3 aromatic rings. The van der Waals surface area contributed by atoms with Crippen molar-refractivity contribution in [2.24, 2.45) is 0 Å². The predicted molar refractivity (Wildman–Crippen MR) is 120 cm³/mol. The average Bonchev–Trinajstić information content (AvgIpc) is 2.78. The van der Waals surface area contributed by atoms with E-state index in [0.29, 0.717) is 27.5 Å². The van der Waals surface area contributed by atoms with E-state index in [2.05, 4.69) is 6.92 Å². The van der Waals surface area contributed by atoms with E-state index < -0.39 is 0 Å². The van der Waals surface area contributed by atoms with Crippen LogP contribution in [0.1, 0.15) is 26.2 Å². The number of likely N-dealkylation sites (tertiary alicyclic amines) is 1.